The van der Waals surface area contributed by atoms with Crippen molar-refractivity contribution in [2.45, 2.75) is 36.7 Å². The fourth-order valence-electron chi connectivity index (χ4n) is 4.69. The number of hydrogen-bond acceptors (Lipinski definition) is 6. The highest BCUT2D eigenvalue weighted by atomic mass is 32.2. The number of thioether (sulfide) groups is 1. The minimum atomic E-state index is -0.443. The molecule has 1 fully saturated rings. The third kappa shape index (κ3) is 6.62. The molecule has 0 radical (unpaired) electrons. The van der Waals surface area contributed by atoms with Crippen molar-refractivity contribution in [1.29, 1.82) is 0 Å². The van der Waals surface area contributed by atoms with Gasteiger partial charge in [-0.1, -0.05) is 48.2 Å². The normalized spacial score (nSPS) is 13.1. The van der Waals surface area contributed by atoms with E-state index in [0.717, 1.165) is 30.9 Å². The molecular formula is C31H31N5O2S. The van der Waals surface area contributed by atoms with Crippen molar-refractivity contribution in [2.75, 3.05) is 30.4 Å². The second kappa shape index (κ2) is 12.5. The molecule has 0 spiro atoms. The number of nitrogens with zero attached hydrogens (tertiary/aromatic N) is 3. The third-order valence-electron chi connectivity index (χ3n) is 6.78. The lowest BCUT2D eigenvalue weighted by atomic mass is 10.1. The van der Waals surface area contributed by atoms with Crippen molar-refractivity contribution < 1.29 is 4.74 Å². The summed E-state index contributed by atoms with van der Waals surface area (Å²) >= 11 is 1.43. The summed E-state index contributed by atoms with van der Waals surface area (Å²) in [6, 6.07) is 24.3. The number of hydrogen-bond donors (Lipinski definition) is 2. The molecule has 1 saturated heterocycles. The Bertz CT molecular complexity index is 1520. The van der Waals surface area contributed by atoms with Crippen molar-refractivity contribution in [3.05, 3.63) is 106 Å². The molecule has 0 unspecified atom stereocenters. The Balaban J connectivity index is 1.23. The first-order chi connectivity index (χ1) is 19.1. The predicted molar refractivity (Wildman–Crippen MR) is 159 cm³/mol. The fourth-order valence-corrected chi connectivity index (χ4v) is 5.50. The molecule has 198 valence electrons. The minimum Gasteiger partial charge on any atom is -0.497 e. The van der Waals surface area contributed by atoms with Crippen molar-refractivity contribution in [3.63, 3.8) is 0 Å². The van der Waals surface area contributed by atoms with Crippen LogP contribution in [0.3, 0.4) is 0 Å². The number of aromatic nitrogens is 2. The Morgan fingerprint density at radius 1 is 1.03 bits per heavy atom. The van der Waals surface area contributed by atoms with Gasteiger partial charge in [0.1, 0.15) is 5.75 Å². The number of aromatic amines is 1. The van der Waals surface area contributed by atoms with Gasteiger partial charge < -0.3 is 19.9 Å². The fraction of sp³-hybridized carbons (Fsp3) is 0.258. The molecule has 5 rings (SSSR count). The van der Waals surface area contributed by atoms with Gasteiger partial charge in [0.25, 0.3) is 11.2 Å². The first-order valence-corrected chi connectivity index (χ1v) is 14.1. The molecule has 3 aromatic carbocycles. The van der Waals surface area contributed by atoms with Crippen LogP contribution in [-0.2, 0) is 12.3 Å². The van der Waals surface area contributed by atoms with E-state index >= 15 is 0 Å². The molecule has 2 heterocycles. The molecule has 1 aliphatic heterocycles. The van der Waals surface area contributed by atoms with E-state index in [9.17, 15) is 4.79 Å². The smallest absolute Gasteiger partial charge is 0.276 e. The zero-order valence-electron chi connectivity index (χ0n) is 21.9. The summed E-state index contributed by atoms with van der Waals surface area (Å²) in [6.45, 7) is 10.5. The molecule has 1 aromatic heterocycles. The Hall–Kier alpha value is -4.22. The molecule has 0 saturated carbocycles. The van der Waals surface area contributed by atoms with Crippen LogP contribution >= 0.6 is 11.8 Å². The minimum absolute atomic E-state index is 0.0252. The van der Waals surface area contributed by atoms with Crippen LogP contribution in [0, 0.1) is 6.57 Å². The van der Waals surface area contributed by atoms with E-state index in [0.29, 0.717) is 27.9 Å². The quantitative estimate of drug-likeness (QED) is 0.138. The van der Waals surface area contributed by atoms with Crippen molar-refractivity contribution in [1.82, 2.24) is 9.97 Å². The average Bonchev–Trinajstić information content (AvgIpc) is 2.99. The van der Waals surface area contributed by atoms with Gasteiger partial charge in [0.2, 0.25) is 0 Å². The lowest BCUT2D eigenvalue weighted by Gasteiger charge is -2.28. The van der Waals surface area contributed by atoms with E-state index in [-0.39, 0.29) is 5.69 Å². The van der Waals surface area contributed by atoms with Crippen LogP contribution in [0.5, 0.6) is 5.75 Å². The number of benzene rings is 3. The maximum absolute atomic E-state index is 12.6. The highest BCUT2D eigenvalue weighted by molar-refractivity contribution is 7.98. The second-order valence-corrected chi connectivity index (χ2v) is 10.4. The Labute approximate surface area is 233 Å². The number of methoxy groups -OCH3 is 1. The van der Waals surface area contributed by atoms with Crippen molar-refractivity contribution in [3.8, 4) is 17.0 Å². The molecule has 4 aromatic rings. The van der Waals surface area contributed by atoms with Crippen molar-refractivity contribution in [2.24, 2.45) is 0 Å². The maximum Gasteiger partial charge on any atom is 0.276 e. The number of ether oxygens (including phenoxy) is 1. The number of nitrogens with one attached hydrogen (secondary N) is 2. The lowest BCUT2D eigenvalue weighted by molar-refractivity contribution is 0.415. The van der Waals surface area contributed by atoms with E-state index in [1.807, 2.05) is 24.3 Å². The molecule has 39 heavy (non-hydrogen) atoms. The number of rotatable bonds is 9. The van der Waals surface area contributed by atoms with Crippen LogP contribution in [0.15, 0.2) is 82.7 Å². The average molecular weight is 538 g/mol. The van der Waals surface area contributed by atoms with Crippen LogP contribution < -0.4 is 20.5 Å². The van der Waals surface area contributed by atoms with E-state index in [2.05, 4.69) is 67.5 Å². The van der Waals surface area contributed by atoms with Crippen LogP contribution in [0.4, 0.5) is 17.1 Å². The summed E-state index contributed by atoms with van der Waals surface area (Å²) in [4.78, 5) is 25.9. The Kier molecular flexibility index (Phi) is 8.49. The number of piperidine rings is 1. The molecule has 2 N–H and O–H groups in total. The number of anilines is 2. The molecule has 0 bridgehead atoms. The summed E-state index contributed by atoms with van der Waals surface area (Å²) in [5.41, 5.74) is 5.25. The molecule has 1 aliphatic rings. The number of H-pyrrole nitrogens is 1. The molecule has 0 atom stereocenters. The summed E-state index contributed by atoms with van der Waals surface area (Å²) in [7, 11) is 1.58. The highest BCUT2D eigenvalue weighted by Gasteiger charge is 2.15. The second-order valence-electron chi connectivity index (χ2n) is 9.47. The van der Waals surface area contributed by atoms with Gasteiger partial charge in [-0.25, -0.2) is 9.83 Å². The first kappa shape index (κ1) is 26.4. The van der Waals surface area contributed by atoms with Gasteiger partial charge in [0, 0.05) is 36.8 Å². The lowest BCUT2D eigenvalue weighted by Crippen LogP contribution is -2.29. The maximum atomic E-state index is 12.6. The first-order valence-electron chi connectivity index (χ1n) is 13.1. The van der Waals surface area contributed by atoms with Gasteiger partial charge in [0.15, 0.2) is 5.16 Å². The summed E-state index contributed by atoms with van der Waals surface area (Å²) in [5.74, 6) is 1.26. The molecule has 0 amide bonds. The Morgan fingerprint density at radius 2 is 1.82 bits per heavy atom. The standard InChI is InChI=1S/C31H31N5O2S/c1-32-29-28(24-9-7-11-27(19-24)38-2)34-31(35-30(29)37)39-21-23-8-6-10-25(18-23)33-20-22-12-14-26(15-13-22)36-16-4-3-5-17-36/h6-15,18-19,33H,3-5,16-17,20-21H2,2H3,(H,34,35,37). The van der Waals surface area contributed by atoms with Crippen LogP contribution in [-0.4, -0.2) is 30.2 Å². The highest BCUT2D eigenvalue weighted by Crippen LogP contribution is 2.30. The van der Waals surface area contributed by atoms with Crippen LogP contribution in [0.2, 0.25) is 0 Å². The largest absolute Gasteiger partial charge is 0.497 e. The van der Waals surface area contributed by atoms with Crippen LogP contribution in [0.25, 0.3) is 16.1 Å². The predicted octanol–water partition coefficient (Wildman–Crippen LogP) is 6.89. The van der Waals surface area contributed by atoms with Gasteiger partial charge in [-0.3, -0.25) is 4.79 Å². The van der Waals surface area contributed by atoms with Crippen LogP contribution in [0.1, 0.15) is 30.4 Å². The SMILES string of the molecule is [C-]#[N+]c1c(-c2cccc(OC)c2)nc(SCc2cccc(NCc3ccc(N4CCCCC4)cc3)c2)[nH]c1=O. The zero-order valence-corrected chi connectivity index (χ0v) is 22.8. The third-order valence-corrected chi connectivity index (χ3v) is 7.73. The van der Waals surface area contributed by atoms with Gasteiger partial charge in [-0.2, -0.15) is 0 Å². The Morgan fingerprint density at radius 3 is 2.59 bits per heavy atom. The van der Waals surface area contributed by atoms with E-state index in [4.69, 9.17) is 11.3 Å². The van der Waals surface area contributed by atoms with E-state index < -0.39 is 5.56 Å². The molecule has 8 heteroatoms. The molecule has 0 aliphatic carbocycles. The topological polar surface area (TPSA) is 74.6 Å². The zero-order chi connectivity index (χ0) is 27.0. The van der Waals surface area contributed by atoms with Gasteiger partial charge in [-0.05, 0) is 72.4 Å². The van der Waals surface area contributed by atoms with Gasteiger partial charge in [-0.15, -0.1) is 0 Å². The monoisotopic (exact) mass is 537 g/mol. The summed E-state index contributed by atoms with van der Waals surface area (Å²) in [6.07, 6.45) is 3.89. The molecule has 7 nitrogen and oxygen atoms in total. The molecular weight excluding hydrogens is 506 g/mol. The summed E-state index contributed by atoms with van der Waals surface area (Å²) in [5, 5.41) is 3.99. The van der Waals surface area contributed by atoms with E-state index in [1.165, 1.54) is 42.3 Å². The summed E-state index contributed by atoms with van der Waals surface area (Å²) < 4.78 is 5.30. The van der Waals surface area contributed by atoms with Crippen molar-refractivity contribution >= 4 is 28.8 Å². The van der Waals surface area contributed by atoms with E-state index in [1.54, 1.807) is 13.2 Å². The van der Waals surface area contributed by atoms with Gasteiger partial charge in [0.05, 0.1) is 19.4 Å². The van der Waals surface area contributed by atoms with Gasteiger partial charge >= 0.3 is 0 Å².